The maximum Gasteiger partial charge on any atom is 0.480 e. The molecular formula is C4H7BO3. The van der Waals surface area contributed by atoms with Gasteiger partial charge in [0.2, 0.25) is 0 Å². The number of carbonyl (C=O) groups excluding carboxylic acids is 1. The molecule has 2 N–H and O–H groups in total. The molecule has 0 heterocycles. The van der Waals surface area contributed by atoms with Gasteiger partial charge in [0.25, 0.3) is 0 Å². The van der Waals surface area contributed by atoms with Crippen molar-refractivity contribution in [3.63, 3.8) is 0 Å². The molecule has 0 aliphatic rings. The number of rotatable bonds is 2. The van der Waals surface area contributed by atoms with Gasteiger partial charge in [0, 0.05) is 0 Å². The lowest BCUT2D eigenvalue weighted by Crippen LogP contribution is -2.06. The first-order chi connectivity index (χ1) is 3.63. The lowest BCUT2D eigenvalue weighted by Gasteiger charge is -1.81. The van der Waals surface area contributed by atoms with Gasteiger partial charge in [0.05, 0.1) is 0 Å². The normalized spacial score (nSPS) is 9.88. The third-order valence-corrected chi connectivity index (χ3v) is 0.503. The van der Waals surface area contributed by atoms with Gasteiger partial charge in [0.1, 0.15) is 0 Å². The van der Waals surface area contributed by atoms with Crippen molar-refractivity contribution in [2.24, 2.45) is 0 Å². The van der Waals surface area contributed by atoms with E-state index < -0.39 is 7.12 Å². The van der Waals surface area contributed by atoms with Crippen LogP contribution >= 0.6 is 0 Å². The number of allylic oxidation sites excluding steroid dienone is 1. The Hall–Kier alpha value is -0.605. The molecule has 3 nitrogen and oxygen atoms in total. The first-order valence-corrected chi connectivity index (χ1v) is 2.18. The number of hydrogen-bond donors (Lipinski definition) is 2. The summed E-state index contributed by atoms with van der Waals surface area (Å²) in [6, 6.07) is 0. The third-order valence-electron chi connectivity index (χ3n) is 0.503. The molecule has 0 spiro atoms. The van der Waals surface area contributed by atoms with E-state index in [1.165, 1.54) is 6.92 Å². The molecule has 0 rings (SSSR count). The molecule has 0 aliphatic heterocycles. The molecule has 0 aliphatic carbocycles. The van der Waals surface area contributed by atoms with E-state index in [0.29, 0.717) is 0 Å². The van der Waals surface area contributed by atoms with Crippen LogP contribution in [0.4, 0.5) is 0 Å². The van der Waals surface area contributed by atoms with Crippen LogP contribution in [-0.2, 0) is 4.79 Å². The fraction of sp³-hybridized carbons (Fsp3) is 0.250. The topological polar surface area (TPSA) is 57.5 Å². The minimum Gasteiger partial charge on any atom is -0.424 e. The average molecular weight is 114 g/mol. The van der Waals surface area contributed by atoms with E-state index in [0.717, 1.165) is 12.1 Å². The fourth-order valence-electron chi connectivity index (χ4n) is 0.222. The standard InChI is InChI=1S/C4H7BO3/c1-4(6)2-3-5(7)8/h2-3,7-8H,1H3. The summed E-state index contributed by atoms with van der Waals surface area (Å²) in [5.41, 5.74) is 0. The summed E-state index contributed by atoms with van der Waals surface area (Å²) in [5.74, 6) is 0.806. The van der Waals surface area contributed by atoms with Crippen molar-refractivity contribution in [1.82, 2.24) is 0 Å². The third kappa shape index (κ3) is 5.39. The summed E-state index contributed by atoms with van der Waals surface area (Å²) in [6.45, 7) is 1.33. The lowest BCUT2D eigenvalue weighted by molar-refractivity contribution is -0.112. The van der Waals surface area contributed by atoms with Gasteiger partial charge in [-0.3, -0.25) is 4.79 Å². The van der Waals surface area contributed by atoms with Crippen LogP contribution in [0.5, 0.6) is 0 Å². The van der Waals surface area contributed by atoms with Crippen LogP contribution in [0.15, 0.2) is 12.1 Å². The van der Waals surface area contributed by atoms with Gasteiger partial charge in [-0.1, -0.05) is 5.98 Å². The maximum atomic E-state index is 10.0. The van der Waals surface area contributed by atoms with Gasteiger partial charge in [-0.15, -0.1) is 0 Å². The molecule has 0 amide bonds. The van der Waals surface area contributed by atoms with E-state index in [9.17, 15) is 4.79 Å². The van der Waals surface area contributed by atoms with E-state index in [-0.39, 0.29) is 5.78 Å². The van der Waals surface area contributed by atoms with Crippen LogP contribution in [0.2, 0.25) is 0 Å². The molecule has 0 radical (unpaired) electrons. The zero-order valence-electron chi connectivity index (χ0n) is 4.53. The van der Waals surface area contributed by atoms with Crippen LogP contribution in [0.3, 0.4) is 0 Å². The Balaban J connectivity index is 3.50. The van der Waals surface area contributed by atoms with Crippen molar-refractivity contribution in [2.75, 3.05) is 0 Å². The molecule has 8 heavy (non-hydrogen) atoms. The van der Waals surface area contributed by atoms with Crippen LogP contribution in [-0.4, -0.2) is 22.9 Å². The van der Waals surface area contributed by atoms with Crippen molar-refractivity contribution in [3.8, 4) is 0 Å². The van der Waals surface area contributed by atoms with E-state index in [1.54, 1.807) is 0 Å². The smallest absolute Gasteiger partial charge is 0.424 e. The van der Waals surface area contributed by atoms with Crippen molar-refractivity contribution in [1.29, 1.82) is 0 Å². The lowest BCUT2D eigenvalue weighted by atomic mass is 9.91. The highest BCUT2D eigenvalue weighted by atomic mass is 16.4. The SMILES string of the molecule is CC(=O)C=CB(O)O. The Morgan fingerprint density at radius 1 is 1.62 bits per heavy atom. The van der Waals surface area contributed by atoms with Crippen LogP contribution in [0.1, 0.15) is 6.92 Å². The number of ketones is 1. The van der Waals surface area contributed by atoms with Gasteiger partial charge in [-0.05, 0) is 13.0 Å². The summed E-state index contributed by atoms with van der Waals surface area (Å²) >= 11 is 0. The molecule has 0 saturated carbocycles. The molecule has 0 aromatic heterocycles. The Bertz CT molecular complexity index is 108. The molecule has 4 heteroatoms. The van der Waals surface area contributed by atoms with E-state index in [2.05, 4.69) is 0 Å². The Morgan fingerprint density at radius 2 is 2.12 bits per heavy atom. The van der Waals surface area contributed by atoms with Gasteiger partial charge in [-0.25, -0.2) is 0 Å². The fourth-order valence-corrected chi connectivity index (χ4v) is 0.222. The van der Waals surface area contributed by atoms with Crippen LogP contribution in [0, 0.1) is 0 Å². The Labute approximate surface area is 47.8 Å². The zero-order valence-corrected chi connectivity index (χ0v) is 4.53. The predicted molar refractivity (Wildman–Crippen MR) is 30.0 cm³/mol. The zero-order chi connectivity index (χ0) is 6.57. The molecule has 0 unspecified atom stereocenters. The number of hydrogen-bond acceptors (Lipinski definition) is 3. The Kier molecular flexibility index (Phi) is 3.15. The summed E-state index contributed by atoms with van der Waals surface area (Å²) in [4.78, 5) is 10.0. The molecule has 0 aromatic carbocycles. The average Bonchev–Trinajstić information content (AvgIpc) is 1.61. The quantitative estimate of drug-likeness (QED) is 0.362. The van der Waals surface area contributed by atoms with Crippen LogP contribution in [0.25, 0.3) is 0 Å². The first kappa shape index (κ1) is 7.39. The first-order valence-electron chi connectivity index (χ1n) is 2.18. The van der Waals surface area contributed by atoms with E-state index in [1.807, 2.05) is 0 Å². The molecule has 0 bridgehead atoms. The highest BCUT2D eigenvalue weighted by Gasteiger charge is 1.97. The summed E-state index contributed by atoms with van der Waals surface area (Å²) < 4.78 is 0. The van der Waals surface area contributed by atoms with Gasteiger partial charge < -0.3 is 10.0 Å². The largest absolute Gasteiger partial charge is 0.480 e. The molecule has 0 saturated heterocycles. The van der Waals surface area contributed by atoms with Crippen molar-refractivity contribution < 1.29 is 14.8 Å². The summed E-state index contributed by atoms with van der Waals surface area (Å²) in [6.07, 6.45) is 1.10. The van der Waals surface area contributed by atoms with E-state index >= 15 is 0 Å². The highest BCUT2D eigenvalue weighted by molar-refractivity contribution is 6.48. The van der Waals surface area contributed by atoms with Crippen LogP contribution < -0.4 is 0 Å². The van der Waals surface area contributed by atoms with Gasteiger partial charge >= 0.3 is 7.12 Å². The molecule has 0 atom stereocenters. The summed E-state index contributed by atoms with van der Waals surface area (Å²) in [7, 11) is -1.51. The minimum atomic E-state index is -1.51. The molecule has 0 aromatic rings. The van der Waals surface area contributed by atoms with Gasteiger partial charge in [-0.2, -0.15) is 0 Å². The monoisotopic (exact) mass is 114 g/mol. The van der Waals surface area contributed by atoms with Crippen molar-refractivity contribution >= 4 is 12.9 Å². The van der Waals surface area contributed by atoms with Gasteiger partial charge in [0.15, 0.2) is 5.78 Å². The van der Waals surface area contributed by atoms with Crippen molar-refractivity contribution in [3.05, 3.63) is 12.1 Å². The second kappa shape index (κ2) is 3.40. The number of carbonyl (C=O) groups is 1. The minimum absolute atomic E-state index is 0.196. The predicted octanol–water partition coefficient (Wildman–Crippen LogP) is -0.856. The molecule has 0 fully saturated rings. The molecular weight excluding hydrogens is 107 g/mol. The molecule has 44 valence electrons. The Morgan fingerprint density at radius 3 is 2.25 bits per heavy atom. The van der Waals surface area contributed by atoms with Crippen molar-refractivity contribution in [2.45, 2.75) is 6.92 Å². The summed E-state index contributed by atoms with van der Waals surface area (Å²) in [5, 5.41) is 16.2. The second-order valence-electron chi connectivity index (χ2n) is 1.38. The second-order valence-corrected chi connectivity index (χ2v) is 1.38. The highest BCUT2D eigenvalue weighted by Crippen LogP contribution is 1.75. The maximum absolute atomic E-state index is 10.0. The van der Waals surface area contributed by atoms with E-state index in [4.69, 9.17) is 10.0 Å².